The predicted molar refractivity (Wildman–Crippen MR) is 105 cm³/mol. The lowest BCUT2D eigenvalue weighted by Crippen LogP contribution is -2.28. The van der Waals surface area contributed by atoms with E-state index >= 15 is 0 Å². The number of methoxy groups -OCH3 is 3. The van der Waals surface area contributed by atoms with Gasteiger partial charge in [0.25, 0.3) is 11.1 Å². The van der Waals surface area contributed by atoms with E-state index in [1.165, 1.54) is 51.7 Å². The van der Waals surface area contributed by atoms with Crippen LogP contribution in [-0.2, 0) is 4.79 Å². The Bertz CT molecular complexity index is 1010. The quantitative estimate of drug-likeness (QED) is 0.663. The van der Waals surface area contributed by atoms with Crippen LogP contribution in [0.3, 0.4) is 0 Å². The summed E-state index contributed by atoms with van der Waals surface area (Å²) in [6.45, 7) is 0. The first kappa shape index (κ1) is 20.3. The Morgan fingerprint density at radius 1 is 1.03 bits per heavy atom. The number of ether oxygens (including phenoxy) is 3. The Balaban J connectivity index is 1.98. The molecule has 0 unspecified atom stereocenters. The Labute approximate surface area is 170 Å². The molecule has 29 heavy (non-hydrogen) atoms. The highest BCUT2D eigenvalue weighted by Gasteiger charge is 2.36. The van der Waals surface area contributed by atoms with Gasteiger partial charge < -0.3 is 24.1 Å². The van der Waals surface area contributed by atoms with Gasteiger partial charge in [-0.1, -0.05) is 12.1 Å². The molecule has 1 fully saturated rings. The fraction of sp³-hybridized carbons (Fsp3) is 0.150. The smallest absolute Gasteiger partial charge is 0.298 e. The number of carboxylic acids is 1. The van der Waals surface area contributed by atoms with Gasteiger partial charge in [-0.05, 0) is 53.2 Å². The number of carbonyl (C=O) groups excluding carboxylic acids is 3. The van der Waals surface area contributed by atoms with E-state index in [2.05, 4.69) is 0 Å². The Hall–Kier alpha value is -3.46. The molecule has 3 rings (SSSR count). The molecule has 0 aromatic heterocycles. The normalized spacial score (nSPS) is 15.0. The molecule has 1 heterocycles. The van der Waals surface area contributed by atoms with Crippen molar-refractivity contribution >= 4 is 40.6 Å². The number of imide groups is 1. The van der Waals surface area contributed by atoms with Crippen LogP contribution in [0.4, 0.5) is 10.5 Å². The Morgan fingerprint density at radius 3 is 2.24 bits per heavy atom. The van der Waals surface area contributed by atoms with Gasteiger partial charge in [0.2, 0.25) is 5.75 Å². The van der Waals surface area contributed by atoms with Crippen LogP contribution < -0.4 is 24.2 Å². The number of hydrogen-bond donors (Lipinski definition) is 0. The van der Waals surface area contributed by atoms with Crippen molar-refractivity contribution in [2.45, 2.75) is 0 Å². The number of carbonyl (C=O) groups is 3. The number of hydrogen-bond acceptors (Lipinski definition) is 8. The largest absolute Gasteiger partial charge is 0.545 e. The third-order valence-electron chi connectivity index (χ3n) is 4.12. The number of nitrogens with zero attached hydrogens (tertiary/aromatic N) is 1. The molecule has 2 aromatic rings. The zero-order valence-corrected chi connectivity index (χ0v) is 16.6. The van der Waals surface area contributed by atoms with Crippen LogP contribution in [0.2, 0.25) is 0 Å². The monoisotopic (exact) mass is 414 g/mol. The number of aromatic carboxylic acids is 1. The molecule has 1 saturated heterocycles. The number of carboxylic acid groups (broad SMARTS) is 1. The lowest BCUT2D eigenvalue weighted by atomic mass is 10.1. The van der Waals surface area contributed by atoms with Gasteiger partial charge in [-0.2, -0.15) is 0 Å². The lowest BCUT2D eigenvalue weighted by Gasteiger charge is -2.14. The van der Waals surface area contributed by atoms with E-state index in [1.54, 1.807) is 12.1 Å². The summed E-state index contributed by atoms with van der Waals surface area (Å²) in [6, 6.07) is 8.74. The van der Waals surface area contributed by atoms with Crippen molar-refractivity contribution in [1.29, 1.82) is 0 Å². The molecule has 2 amide bonds. The topological polar surface area (TPSA) is 105 Å². The van der Waals surface area contributed by atoms with E-state index in [1.807, 2.05) is 0 Å². The fourth-order valence-electron chi connectivity index (χ4n) is 2.80. The summed E-state index contributed by atoms with van der Waals surface area (Å²) >= 11 is 0.745. The van der Waals surface area contributed by atoms with Crippen LogP contribution >= 0.6 is 11.8 Å². The van der Waals surface area contributed by atoms with Crippen LogP contribution in [0, 0.1) is 0 Å². The molecule has 8 nitrogen and oxygen atoms in total. The van der Waals surface area contributed by atoms with Crippen LogP contribution in [0.5, 0.6) is 17.2 Å². The molecule has 0 atom stereocenters. The van der Waals surface area contributed by atoms with Gasteiger partial charge in [-0.15, -0.1) is 0 Å². The molecule has 1 aliphatic rings. The number of thioether (sulfide) groups is 1. The molecule has 1 aliphatic heterocycles. The van der Waals surface area contributed by atoms with E-state index in [-0.39, 0.29) is 16.2 Å². The number of amides is 2. The summed E-state index contributed by atoms with van der Waals surface area (Å²) in [4.78, 5) is 37.4. The molecular formula is C20H16NO7S-. The summed E-state index contributed by atoms with van der Waals surface area (Å²) in [7, 11) is 4.42. The minimum absolute atomic E-state index is 0.129. The molecule has 2 aromatic carbocycles. The maximum atomic E-state index is 12.8. The predicted octanol–water partition coefficient (Wildman–Crippen LogP) is 2.32. The molecule has 0 saturated carbocycles. The van der Waals surface area contributed by atoms with Crippen LogP contribution in [0.15, 0.2) is 41.3 Å². The fourth-order valence-corrected chi connectivity index (χ4v) is 3.64. The summed E-state index contributed by atoms with van der Waals surface area (Å²) in [5.74, 6) is -0.756. The second kappa shape index (κ2) is 8.27. The zero-order valence-electron chi connectivity index (χ0n) is 15.8. The lowest BCUT2D eigenvalue weighted by molar-refractivity contribution is -0.255. The minimum atomic E-state index is -1.40. The maximum Gasteiger partial charge on any atom is 0.298 e. The SMILES string of the molecule is COc1cc(/C=C2/SC(=O)N(c3cccc(C(=O)[O-])c3)C2=O)cc(OC)c1OC. The standard InChI is InChI=1S/C20H17NO7S/c1-26-14-7-11(8-15(27-2)17(14)28-3)9-16-18(22)21(20(25)29-16)13-6-4-5-12(10-13)19(23)24/h4-10H,1-3H3,(H,23,24)/p-1/b16-9+. The van der Waals surface area contributed by atoms with E-state index in [0.29, 0.717) is 22.8 Å². The first-order valence-corrected chi connectivity index (χ1v) is 9.10. The number of anilines is 1. The highest BCUT2D eigenvalue weighted by molar-refractivity contribution is 8.19. The highest BCUT2D eigenvalue weighted by Crippen LogP contribution is 2.41. The van der Waals surface area contributed by atoms with E-state index < -0.39 is 17.1 Å². The van der Waals surface area contributed by atoms with Gasteiger partial charge in [0.05, 0.1) is 37.9 Å². The van der Waals surface area contributed by atoms with Crippen molar-refractivity contribution < 1.29 is 33.7 Å². The average Bonchev–Trinajstić information content (AvgIpc) is 3.00. The molecule has 150 valence electrons. The first-order valence-electron chi connectivity index (χ1n) is 8.29. The maximum absolute atomic E-state index is 12.8. The van der Waals surface area contributed by atoms with Gasteiger partial charge in [-0.3, -0.25) is 9.59 Å². The summed E-state index contributed by atoms with van der Waals surface area (Å²) in [5.41, 5.74) is 0.589. The molecule has 0 N–H and O–H groups in total. The van der Waals surface area contributed by atoms with Crippen molar-refractivity contribution in [2.75, 3.05) is 26.2 Å². The van der Waals surface area contributed by atoms with Gasteiger partial charge in [-0.25, -0.2) is 4.90 Å². The van der Waals surface area contributed by atoms with Crippen LogP contribution in [0.1, 0.15) is 15.9 Å². The molecule has 0 radical (unpaired) electrons. The molecule has 0 spiro atoms. The Morgan fingerprint density at radius 2 is 1.69 bits per heavy atom. The van der Waals surface area contributed by atoms with Gasteiger partial charge in [0, 0.05) is 0 Å². The highest BCUT2D eigenvalue weighted by atomic mass is 32.2. The van der Waals surface area contributed by atoms with Crippen molar-refractivity contribution in [3.05, 3.63) is 52.4 Å². The minimum Gasteiger partial charge on any atom is -0.545 e. The molecular weight excluding hydrogens is 398 g/mol. The molecule has 0 aliphatic carbocycles. The van der Waals surface area contributed by atoms with Crippen molar-refractivity contribution in [2.24, 2.45) is 0 Å². The molecule has 9 heteroatoms. The third kappa shape index (κ3) is 3.90. The van der Waals surface area contributed by atoms with Gasteiger partial charge >= 0.3 is 0 Å². The van der Waals surface area contributed by atoms with E-state index in [0.717, 1.165) is 16.7 Å². The molecule has 0 bridgehead atoms. The second-order valence-electron chi connectivity index (χ2n) is 5.81. The summed E-state index contributed by atoms with van der Waals surface area (Å²) < 4.78 is 15.9. The first-order chi connectivity index (χ1) is 13.9. The van der Waals surface area contributed by atoms with E-state index in [4.69, 9.17) is 14.2 Å². The third-order valence-corrected chi connectivity index (χ3v) is 4.99. The van der Waals surface area contributed by atoms with Crippen LogP contribution in [0.25, 0.3) is 6.08 Å². The van der Waals surface area contributed by atoms with Crippen molar-refractivity contribution in [1.82, 2.24) is 0 Å². The van der Waals surface area contributed by atoms with Crippen molar-refractivity contribution in [3.63, 3.8) is 0 Å². The second-order valence-corrected chi connectivity index (χ2v) is 6.81. The average molecular weight is 414 g/mol. The summed E-state index contributed by atoms with van der Waals surface area (Å²) in [5, 5.41) is 10.5. The van der Waals surface area contributed by atoms with E-state index in [9.17, 15) is 19.5 Å². The van der Waals surface area contributed by atoms with Gasteiger partial charge in [0.15, 0.2) is 11.5 Å². The summed E-state index contributed by atoms with van der Waals surface area (Å²) in [6.07, 6.45) is 1.53. The number of benzene rings is 2. The van der Waals surface area contributed by atoms with Crippen LogP contribution in [-0.4, -0.2) is 38.4 Å². The van der Waals surface area contributed by atoms with Crippen molar-refractivity contribution in [3.8, 4) is 17.2 Å². The zero-order chi connectivity index (χ0) is 21.1. The van der Waals surface area contributed by atoms with Gasteiger partial charge in [0.1, 0.15) is 0 Å². The number of rotatable bonds is 6. The Kier molecular flexibility index (Phi) is 5.79.